The van der Waals surface area contributed by atoms with Crippen molar-refractivity contribution in [1.82, 2.24) is 14.3 Å². The number of ketones is 1. The van der Waals surface area contributed by atoms with Crippen LogP contribution in [0.5, 0.6) is 0 Å². The highest BCUT2D eigenvalue weighted by atomic mass is 16.1. The normalized spacial score (nSPS) is 14.9. The molecule has 0 radical (unpaired) electrons. The summed E-state index contributed by atoms with van der Waals surface area (Å²) in [5, 5.41) is 4.25. The highest BCUT2D eigenvalue weighted by Gasteiger charge is 2.30. The highest BCUT2D eigenvalue weighted by molar-refractivity contribution is 5.99. The molecule has 0 aromatic carbocycles. The fourth-order valence-electron chi connectivity index (χ4n) is 2.14. The van der Waals surface area contributed by atoms with Crippen LogP contribution in [0.2, 0.25) is 0 Å². The van der Waals surface area contributed by atoms with Crippen LogP contribution in [0.3, 0.4) is 0 Å². The van der Waals surface area contributed by atoms with Gasteiger partial charge >= 0.3 is 0 Å². The van der Waals surface area contributed by atoms with Gasteiger partial charge in [0.2, 0.25) is 0 Å². The molecule has 1 fully saturated rings. The first-order valence-electron chi connectivity index (χ1n) is 6.47. The van der Waals surface area contributed by atoms with Gasteiger partial charge in [0.1, 0.15) is 0 Å². The molecule has 0 N–H and O–H groups in total. The molecule has 3 rings (SSSR count). The minimum absolute atomic E-state index is 0.295. The third kappa shape index (κ3) is 2.23. The Morgan fingerprint density at radius 1 is 1.44 bits per heavy atom. The summed E-state index contributed by atoms with van der Waals surface area (Å²) in [5.41, 5.74) is 2.01. The largest absolute Gasteiger partial charge is 0.349 e. The van der Waals surface area contributed by atoms with E-state index in [4.69, 9.17) is 0 Å². The third-order valence-electron chi connectivity index (χ3n) is 3.36. The quantitative estimate of drug-likeness (QED) is 0.756. The molecule has 94 valence electrons. The van der Waals surface area contributed by atoms with Crippen molar-refractivity contribution in [1.29, 1.82) is 0 Å². The van der Waals surface area contributed by atoms with Crippen molar-refractivity contribution in [2.75, 3.05) is 0 Å². The maximum Gasteiger partial charge on any atom is 0.167 e. The molecule has 4 heteroatoms. The molecule has 1 aliphatic rings. The lowest BCUT2D eigenvalue weighted by Gasteiger charge is -1.99. The number of carbonyl (C=O) groups excluding carboxylic acids is 1. The van der Waals surface area contributed by atoms with Crippen LogP contribution < -0.4 is 0 Å². The van der Waals surface area contributed by atoms with Gasteiger partial charge in [-0.05, 0) is 25.8 Å². The Labute approximate surface area is 106 Å². The summed E-state index contributed by atoms with van der Waals surface area (Å²) in [4.78, 5) is 11.9. The average molecular weight is 243 g/mol. The average Bonchev–Trinajstić information content (AvgIpc) is 2.96. The van der Waals surface area contributed by atoms with E-state index in [9.17, 15) is 4.79 Å². The van der Waals surface area contributed by atoms with Gasteiger partial charge in [-0.15, -0.1) is 0 Å². The lowest BCUT2D eigenvalue weighted by atomic mass is 10.1. The van der Waals surface area contributed by atoms with Gasteiger partial charge in [-0.3, -0.25) is 9.48 Å². The second-order valence-electron chi connectivity index (χ2n) is 4.92. The molecule has 2 heterocycles. The standard InChI is InChI=1S/C14H17N3O/c1-2-17-9-11(7-15-17)8-16-6-5-13(10-16)14(18)12-3-4-12/h5-7,9-10,12H,2-4,8H2,1H3. The zero-order chi connectivity index (χ0) is 12.5. The second-order valence-corrected chi connectivity index (χ2v) is 4.92. The van der Waals surface area contributed by atoms with Crippen molar-refractivity contribution >= 4 is 5.78 Å². The van der Waals surface area contributed by atoms with Gasteiger partial charge in [-0.25, -0.2) is 0 Å². The zero-order valence-electron chi connectivity index (χ0n) is 10.5. The van der Waals surface area contributed by atoms with Gasteiger partial charge in [-0.1, -0.05) is 0 Å². The zero-order valence-corrected chi connectivity index (χ0v) is 10.5. The lowest BCUT2D eigenvalue weighted by molar-refractivity contribution is 0.0967. The molecular weight excluding hydrogens is 226 g/mol. The van der Waals surface area contributed by atoms with Crippen molar-refractivity contribution in [3.8, 4) is 0 Å². The van der Waals surface area contributed by atoms with Crippen molar-refractivity contribution in [3.63, 3.8) is 0 Å². The predicted molar refractivity (Wildman–Crippen MR) is 68.5 cm³/mol. The molecule has 0 atom stereocenters. The number of nitrogens with zero attached hydrogens (tertiary/aromatic N) is 3. The van der Waals surface area contributed by atoms with Gasteiger partial charge in [0.15, 0.2) is 5.78 Å². The molecule has 0 aliphatic heterocycles. The maximum absolute atomic E-state index is 11.9. The molecule has 0 saturated heterocycles. The predicted octanol–water partition coefficient (Wildman–Crippen LogP) is 2.35. The van der Waals surface area contributed by atoms with Gasteiger partial charge < -0.3 is 4.57 Å². The van der Waals surface area contributed by atoms with Crippen molar-refractivity contribution in [2.45, 2.75) is 32.9 Å². The lowest BCUT2D eigenvalue weighted by Crippen LogP contribution is -2.00. The topological polar surface area (TPSA) is 39.8 Å². The van der Waals surface area contributed by atoms with Gasteiger partial charge in [-0.2, -0.15) is 5.10 Å². The molecular formula is C14H17N3O. The van der Waals surface area contributed by atoms with Crippen LogP contribution in [0.15, 0.2) is 30.9 Å². The number of rotatable bonds is 5. The smallest absolute Gasteiger partial charge is 0.167 e. The van der Waals surface area contributed by atoms with E-state index in [0.29, 0.717) is 11.7 Å². The number of Topliss-reactive ketones (excluding diaryl/α,β-unsaturated/α-hetero) is 1. The Bertz CT molecular complexity index is 563. The fourth-order valence-corrected chi connectivity index (χ4v) is 2.14. The van der Waals surface area contributed by atoms with Crippen LogP contribution in [0, 0.1) is 5.92 Å². The van der Waals surface area contributed by atoms with E-state index in [-0.39, 0.29) is 0 Å². The number of aryl methyl sites for hydroxylation is 1. The molecule has 1 saturated carbocycles. The Hall–Kier alpha value is -1.84. The van der Waals surface area contributed by atoms with E-state index in [1.54, 1.807) is 0 Å². The second kappa shape index (κ2) is 4.44. The molecule has 4 nitrogen and oxygen atoms in total. The van der Waals surface area contributed by atoms with Crippen LogP contribution in [0.1, 0.15) is 35.7 Å². The van der Waals surface area contributed by atoms with Crippen molar-refractivity contribution in [3.05, 3.63) is 42.0 Å². The molecule has 2 aromatic rings. The first-order chi connectivity index (χ1) is 8.76. The van der Waals surface area contributed by atoms with Crippen molar-refractivity contribution < 1.29 is 4.79 Å². The summed E-state index contributed by atoms with van der Waals surface area (Å²) in [6.07, 6.45) is 9.97. The van der Waals surface area contributed by atoms with E-state index in [1.807, 2.05) is 40.1 Å². The summed E-state index contributed by atoms with van der Waals surface area (Å²) in [6, 6.07) is 1.92. The number of carbonyl (C=O) groups is 1. The van der Waals surface area contributed by atoms with E-state index in [2.05, 4.69) is 12.0 Å². The Kier molecular flexibility index (Phi) is 2.78. The van der Waals surface area contributed by atoms with Gasteiger partial charge in [0.25, 0.3) is 0 Å². The Morgan fingerprint density at radius 3 is 2.94 bits per heavy atom. The minimum atomic E-state index is 0.295. The maximum atomic E-state index is 11.9. The summed E-state index contributed by atoms with van der Waals surface area (Å²) >= 11 is 0. The molecule has 1 aliphatic carbocycles. The van der Waals surface area contributed by atoms with Crippen LogP contribution in [-0.2, 0) is 13.1 Å². The van der Waals surface area contributed by atoms with E-state index < -0.39 is 0 Å². The number of hydrogen-bond donors (Lipinski definition) is 0. The molecule has 0 bridgehead atoms. The monoisotopic (exact) mass is 243 g/mol. The van der Waals surface area contributed by atoms with Crippen LogP contribution in [0.4, 0.5) is 0 Å². The van der Waals surface area contributed by atoms with Crippen molar-refractivity contribution in [2.24, 2.45) is 5.92 Å². The first kappa shape index (κ1) is 11.3. The van der Waals surface area contributed by atoms with E-state index in [1.165, 1.54) is 0 Å². The SMILES string of the molecule is CCn1cc(Cn2ccc(C(=O)C3CC3)c2)cn1. The molecule has 18 heavy (non-hydrogen) atoms. The number of hydrogen-bond acceptors (Lipinski definition) is 2. The molecule has 0 spiro atoms. The van der Waals surface area contributed by atoms with Gasteiger partial charge in [0.05, 0.1) is 12.7 Å². The number of aromatic nitrogens is 3. The fraction of sp³-hybridized carbons (Fsp3) is 0.429. The summed E-state index contributed by atoms with van der Waals surface area (Å²) in [6.45, 7) is 3.73. The summed E-state index contributed by atoms with van der Waals surface area (Å²) in [7, 11) is 0. The van der Waals surface area contributed by atoms with Crippen LogP contribution in [0.25, 0.3) is 0 Å². The Morgan fingerprint density at radius 2 is 2.28 bits per heavy atom. The molecule has 0 amide bonds. The minimum Gasteiger partial charge on any atom is -0.349 e. The summed E-state index contributed by atoms with van der Waals surface area (Å²) < 4.78 is 3.96. The van der Waals surface area contributed by atoms with Crippen LogP contribution >= 0.6 is 0 Å². The van der Waals surface area contributed by atoms with Crippen LogP contribution in [-0.4, -0.2) is 20.1 Å². The first-order valence-corrected chi connectivity index (χ1v) is 6.47. The molecule has 0 unspecified atom stereocenters. The third-order valence-corrected chi connectivity index (χ3v) is 3.36. The van der Waals surface area contributed by atoms with Gasteiger partial charge in [0, 0.05) is 42.2 Å². The Balaban J connectivity index is 1.71. The van der Waals surface area contributed by atoms with E-state index >= 15 is 0 Å². The summed E-state index contributed by atoms with van der Waals surface area (Å²) in [5.74, 6) is 0.599. The highest BCUT2D eigenvalue weighted by Crippen LogP contribution is 2.32. The molecule has 2 aromatic heterocycles. The van der Waals surface area contributed by atoms with E-state index in [0.717, 1.165) is 37.1 Å².